The van der Waals surface area contributed by atoms with Crippen LogP contribution in [-0.2, 0) is 9.47 Å². The molecule has 1 aromatic heterocycles. The standard InChI is InChI=1S/C12H18N4O2/c1-10(9-18-3)16(6-7-17-2)12-11(8-13)4-5-14-15-12/h4-5,10H,6-7,9H2,1-3H3. The van der Waals surface area contributed by atoms with Crippen LogP contribution in [0, 0.1) is 11.3 Å². The SMILES string of the molecule is COCCN(c1nnccc1C#N)C(C)COC. The van der Waals surface area contributed by atoms with Crippen molar-refractivity contribution >= 4 is 5.82 Å². The molecule has 1 unspecified atom stereocenters. The van der Waals surface area contributed by atoms with Crippen molar-refractivity contribution in [3.63, 3.8) is 0 Å². The molecule has 0 aromatic carbocycles. The van der Waals surface area contributed by atoms with Crippen LogP contribution in [0.2, 0.25) is 0 Å². The highest BCUT2D eigenvalue weighted by atomic mass is 16.5. The second-order valence-electron chi connectivity index (χ2n) is 3.87. The number of rotatable bonds is 7. The van der Waals surface area contributed by atoms with Crippen LogP contribution >= 0.6 is 0 Å². The number of hydrogen-bond acceptors (Lipinski definition) is 6. The Hall–Kier alpha value is -1.71. The van der Waals surface area contributed by atoms with Crippen LogP contribution in [-0.4, -0.2) is 50.2 Å². The molecule has 0 amide bonds. The molecule has 18 heavy (non-hydrogen) atoms. The summed E-state index contributed by atoms with van der Waals surface area (Å²) in [4.78, 5) is 1.97. The summed E-state index contributed by atoms with van der Waals surface area (Å²) < 4.78 is 10.2. The van der Waals surface area contributed by atoms with E-state index in [0.717, 1.165) is 0 Å². The molecule has 0 saturated heterocycles. The molecule has 6 heteroatoms. The molecule has 0 spiro atoms. The van der Waals surface area contributed by atoms with Crippen molar-refractivity contribution in [3.05, 3.63) is 17.8 Å². The third-order valence-electron chi connectivity index (χ3n) is 2.57. The molecule has 0 aliphatic heterocycles. The van der Waals surface area contributed by atoms with E-state index in [-0.39, 0.29) is 6.04 Å². The molecule has 6 nitrogen and oxygen atoms in total. The van der Waals surface area contributed by atoms with Gasteiger partial charge in [-0.2, -0.15) is 10.4 Å². The van der Waals surface area contributed by atoms with E-state index in [4.69, 9.17) is 14.7 Å². The predicted octanol–water partition coefficient (Wildman–Crippen LogP) is 0.836. The molecule has 0 radical (unpaired) electrons. The Morgan fingerprint density at radius 3 is 2.83 bits per heavy atom. The van der Waals surface area contributed by atoms with Crippen molar-refractivity contribution in [2.45, 2.75) is 13.0 Å². The van der Waals surface area contributed by atoms with Gasteiger partial charge in [-0.1, -0.05) is 0 Å². The molecule has 98 valence electrons. The van der Waals surface area contributed by atoms with Crippen LogP contribution in [0.5, 0.6) is 0 Å². The minimum atomic E-state index is 0.0916. The third-order valence-corrected chi connectivity index (χ3v) is 2.57. The minimum Gasteiger partial charge on any atom is -0.383 e. The first-order valence-corrected chi connectivity index (χ1v) is 5.70. The van der Waals surface area contributed by atoms with Gasteiger partial charge in [0.1, 0.15) is 6.07 Å². The number of ether oxygens (including phenoxy) is 2. The number of hydrogen-bond donors (Lipinski definition) is 0. The Balaban J connectivity index is 2.97. The average molecular weight is 250 g/mol. The van der Waals surface area contributed by atoms with Crippen LogP contribution in [0.15, 0.2) is 12.3 Å². The van der Waals surface area contributed by atoms with Gasteiger partial charge >= 0.3 is 0 Å². The normalized spacial score (nSPS) is 11.9. The molecule has 0 saturated carbocycles. The molecule has 0 bridgehead atoms. The Bertz CT molecular complexity index is 405. The maximum atomic E-state index is 9.10. The largest absolute Gasteiger partial charge is 0.383 e. The van der Waals surface area contributed by atoms with E-state index in [1.807, 2.05) is 11.8 Å². The molecule has 0 fully saturated rings. The summed E-state index contributed by atoms with van der Waals surface area (Å²) in [5, 5.41) is 17.0. The summed E-state index contributed by atoms with van der Waals surface area (Å²) in [7, 11) is 3.29. The fourth-order valence-corrected chi connectivity index (χ4v) is 1.68. The van der Waals surface area contributed by atoms with Gasteiger partial charge in [-0.05, 0) is 13.0 Å². The molecule has 0 N–H and O–H groups in total. The van der Waals surface area contributed by atoms with Gasteiger partial charge in [0.15, 0.2) is 5.82 Å². The van der Waals surface area contributed by atoms with Crippen LogP contribution in [0.25, 0.3) is 0 Å². The van der Waals surface area contributed by atoms with E-state index in [1.165, 1.54) is 6.20 Å². The van der Waals surface area contributed by atoms with Gasteiger partial charge in [-0.3, -0.25) is 0 Å². The van der Waals surface area contributed by atoms with Crippen LogP contribution in [0.3, 0.4) is 0 Å². The topological polar surface area (TPSA) is 71.3 Å². The van der Waals surface area contributed by atoms with E-state index in [1.54, 1.807) is 20.3 Å². The van der Waals surface area contributed by atoms with Gasteiger partial charge in [0.05, 0.1) is 31.0 Å². The highest BCUT2D eigenvalue weighted by Gasteiger charge is 2.19. The van der Waals surface area contributed by atoms with Crippen molar-refractivity contribution in [2.24, 2.45) is 0 Å². The monoisotopic (exact) mass is 250 g/mol. The van der Waals surface area contributed by atoms with E-state index in [2.05, 4.69) is 16.3 Å². The number of nitrogens with zero attached hydrogens (tertiary/aromatic N) is 4. The summed E-state index contributed by atoms with van der Waals surface area (Å²) in [6.07, 6.45) is 1.51. The van der Waals surface area contributed by atoms with Crippen LogP contribution in [0.4, 0.5) is 5.82 Å². The maximum absolute atomic E-state index is 9.10. The second-order valence-corrected chi connectivity index (χ2v) is 3.87. The molecule has 1 rings (SSSR count). The van der Waals surface area contributed by atoms with Gasteiger partial charge in [0.25, 0.3) is 0 Å². The van der Waals surface area contributed by atoms with Crippen molar-refractivity contribution in [3.8, 4) is 6.07 Å². The van der Waals surface area contributed by atoms with E-state index >= 15 is 0 Å². The summed E-state index contributed by atoms with van der Waals surface area (Å²) in [6.45, 7) is 3.74. The molecule has 0 aliphatic rings. The summed E-state index contributed by atoms with van der Waals surface area (Å²) in [5.74, 6) is 0.571. The molecule has 1 heterocycles. The lowest BCUT2D eigenvalue weighted by Gasteiger charge is -2.29. The minimum absolute atomic E-state index is 0.0916. The first-order chi connectivity index (χ1) is 8.74. The van der Waals surface area contributed by atoms with Crippen molar-refractivity contribution in [2.75, 3.05) is 38.9 Å². The summed E-state index contributed by atoms with van der Waals surface area (Å²) in [6, 6.07) is 3.87. The first-order valence-electron chi connectivity index (χ1n) is 5.70. The number of nitriles is 1. The zero-order chi connectivity index (χ0) is 13.4. The Morgan fingerprint density at radius 2 is 2.22 bits per heavy atom. The van der Waals surface area contributed by atoms with Gasteiger partial charge in [-0.25, -0.2) is 0 Å². The Morgan fingerprint density at radius 1 is 1.44 bits per heavy atom. The first kappa shape index (κ1) is 14.4. The van der Waals surface area contributed by atoms with Crippen LogP contribution in [0.1, 0.15) is 12.5 Å². The third kappa shape index (κ3) is 3.65. The zero-order valence-electron chi connectivity index (χ0n) is 11.0. The predicted molar refractivity (Wildman–Crippen MR) is 67.3 cm³/mol. The fourth-order valence-electron chi connectivity index (χ4n) is 1.68. The van der Waals surface area contributed by atoms with E-state index in [9.17, 15) is 0 Å². The van der Waals surface area contributed by atoms with Crippen LogP contribution < -0.4 is 4.90 Å². The lowest BCUT2D eigenvalue weighted by Crippen LogP contribution is -2.39. The van der Waals surface area contributed by atoms with E-state index < -0.39 is 0 Å². The molecular weight excluding hydrogens is 232 g/mol. The average Bonchev–Trinajstić information content (AvgIpc) is 2.40. The highest BCUT2D eigenvalue weighted by molar-refractivity contribution is 5.53. The second kappa shape index (κ2) is 7.58. The molecular formula is C12H18N4O2. The Labute approximate surface area is 107 Å². The number of anilines is 1. The van der Waals surface area contributed by atoms with E-state index in [0.29, 0.717) is 31.1 Å². The molecule has 0 aliphatic carbocycles. The van der Waals surface area contributed by atoms with Crippen molar-refractivity contribution in [1.29, 1.82) is 5.26 Å². The highest BCUT2D eigenvalue weighted by Crippen LogP contribution is 2.17. The quantitative estimate of drug-likeness (QED) is 0.714. The molecule has 1 atom stereocenters. The fraction of sp³-hybridized carbons (Fsp3) is 0.583. The maximum Gasteiger partial charge on any atom is 0.169 e. The number of aromatic nitrogens is 2. The van der Waals surface area contributed by atoms with Gasteiger partial charge in [0, 0.05) is 20.8 Å². The number of methoxy groups -OCH3 is 2. The Kier molecular flexibility index (Phi) is 6.05. The van der Waals surface area contributed by atoms with Crippen molar-refractivity contribution < 1.29 is 9.47 Å². The lowest BCUT2D eigenvalue weighted by atomic mass is 10.2. The van der Waals surface area contributed by atoms with Gasteiger partial charge in [-0.15, -0.1) is 5.10 Å². The smallest absolute Gasteiger partial charge is 0.169 e. The zero-order valence-corrected chi connectivity index (χ0v) is 11.0. The lowest BCUT2D eigenvalue weighted by molar-refractivity contribution is 0.170. The summed E-state index contributed by atoms with van der Waals surface area (Å²) in [5.41, 5.74) is 0.504. The van der Waals surface area contributed by atoms with Crippen molar-refractivity contribution in [1.82, 2.24) is 10.2 Å². The van der Waals surface area contributed by atoms with Gasteiger partial charge in [0.2, 0.25) is 0 Å². The van der Waals surface area contributed by atoms with Gasteiger partial charge < -0.3 is 14.4 Å². The molecule has 1 aromatic rings. The summed E-state index contributed by atoms with van der Waals surface area (Å²) >= 11 is 0.